The molecule has 19 heavy (non-hydrogen) atoms. The minimum absolute atomic E-state index is 0.0880. The number of hydrogen-bond acceptors (Lipinski definition) is 5. The van der Waals surface area contributed by atoms with E-state index in [9.17, 15) is 14.7 Å². The van der Waals surface area contributed by atoms with Gasteiger partial charge in [-0.2, -0.15) is 5.10 Å². The van der Waals surface area contributed by atoms with Crippen molar-refractivity contribution in [1.82, 2.24) is 10.7 Å². The average molecular weight is 265 g/mol. The molecule has 0 fully saturated rings. The maximum atomic E-state index is 11.3. The van der Waals surface area contributed by atoms with Crippen LogP contribution in [-0.4, -0.2) is 34.3 Å². The molecule has 0 radical (unpaired) electrons. The van der Waals surface area contributed by atoms with E-state index in [4.69, 9.17) is 5.11 Å². The molecule has 1 rings (SSSR count). The van der Waals surface area contributed by atoms with Crippen molar-refractivity contribution in [2.24, 2.45) is 5.10 Å². The highest BCUT2D eigenvalue weighted by atomic mass is 16.3. The lowest BCUT2D eigenvalue weighted by molar-refractivity contribution is -0.139. The summed E-state index contributed by atoms with van der Waals surface area (Å²) in [5.41, 5.74) is 2.32. The number of phenolic OH excluding ortho intramolecular Hbond substituents is 2. The molecule has 0 spiro atoms. The van der Waals surface area contributed by atoms with Crippen molar-refractivity contribution >= 4 is 18.0 Å². The van der Waals surface area contributed by atoms with E-state index in [2.05, 4.69) is 10.4 Å². The molecule has 0 bridgehead atoms. The van der Waals surface area contributed by atoms with Crippen molar-refractivity contribution in [3.05, 3.63) is 23.8 Å². The van der Waals surface area contributed by atoms with Gasteiger partial charge in [0.05, 0.1) is 6.21 Å². The Morgan fingerprint density at radius 3 is 2.53 bits per heavy atom. The summed E-state index contributed by atoms with van der Waals surface area (Å²) in [7, 11) is 0. The van der Waals surface area contributed by atoms with Crippen LogP contribution in [0.5, 0.6) is 11.5 Å². The predicted octanol–water partition coefficient (Wildman–Crippen LogP) is 0.0725. The van der Waals surface area contributed by atoms with Gasteiger partial charge < -0.3 is 15.5 Å². The van der Waals surface area contributed by atoms with Crippen LogP contribution in [-0.2, 0) is 9.59 Å². The lowest BCUT2D eigenvalue weighted by Crippen LogP contribution is -2.41. The van der Waals surface area contributed by atoms with E-state index in [1.165, 1.54) is 12.1 Å². The Morgan fingerprint density at radius 2 is 1.95 bits per heavy atom. The van der Waals surface area contributed by atoms with Crippen molar-refractivity contribution in [2.45, 2.75) is 19.9 Å². The Balaban J connectivity index is 2.58. The van der Waals surface area contributed by atoms with Crippen LogP contribution < -0.4 is 10.7 Å². The number of benzene rings is 1. The second kappa shape index (κ2) is 6.39. The fourth-order valence-corrected chi connectivity index (χ4v) is 1.18. The molecule has 1 aromatic carbocycles. The summed E-state index contributed by atoms with van der Waals surface area (Å²) in [4.78, 5) is 22.5. The second-order valence-electron chi connectivity index (χ2n) is 4.07. The summed E-state index contributed by atoms with van der Waals surface area (Å²) < 4.78 is 0. The molecule has 0 unspecified atom stereocenters. The van der Waals surface area contributed by atoms with E-state index in [-0.39, 0.29) is 17.5 Å². The largest absolute Gasteiger partial charge is 0.508 e. The number of aromatic hydroxyl groups is 2. The first kappa shape index (κ1) is 14.5. The van der Waals surface area contributed by atoms with Gasteiger partial charge in [0.1, 0.15) is 11.5 Å². The molecule has 7 nitrogen and oxygen atoms in total. The van der Waals surface area contributed by atoms with E-state index in [0.717, 1.165) is 12.3 Å². The SMILES string of the molecule is CC(C)NC(=O)C(=O)N/N=C/c1ccc(O)cc1O. The molecule has 7 heteroatoms. The Morgan fingerprint density at radius 1 is 1.26 bits per heavy atom. The predicted molar refractivity (Wildman–Crippen MR) is 68.8 cm³/mol. The number of nitrogens with one attached hydrogen (secondary N) is 2. The molecular formula is C12H15N3O4. The topological polar surface area (TPSA) is 111 Å². The zero-order valence-corrected chi connectivity index (χ0v) is 10.5. The number of amides is 2. The smallest absolute Gasteiger partial charge is 0.329 e. The second-order valence-corrected chi connectivity index (χ2v) is 4.07. The van der Waals surface area contributed by atoms with E-state index < -0.39 is 11.8 Å². The van der Waals surface area contributed by atoms with Gasteiger partial charge >= 0.3 is 11.8 Å². The molecule has 0 aliphatic rings. The maximum absolute atomic E-state index is 11.3. The number of carbonyl (C=O) groups excluding carboxylic acids is 2. The van der Waals surface area contributed by atoms with Gasteiger partial charge in [-0.15, -0.1) is 0 Å². The monoisotopic (exact) mass is 265 g/mol. The van der Waals surface area contributed by atoms with E-state index >= 15 is 0 Å². The molecule has 0 saturated carbocycles. The van der Waals surface area contributed by atoms with E-state index in [0.29, 0.717) is 5.56 Å². The standard InChI is InChI=1S/C12H15N3O4/c1-7(2)14-11(18)12(19)15-13-6-8-3-4-9(16)5-10(8)17/h3-7,16-17H,1-2H3,(H,14,18)(H,15,19)/b13-6+. The third-order valence-electron chi connectivity index (χ3n) is 2.01. The quantitative estimate of drug-likeness (QED) is 0.352. The van der Waals surface area contributed by atoms with Crippen LogP contribution in [0.4, 0.5) is 0 Å². The summed E-state index contributed by atoms with van der Waals surface area (Å²) in [5, 5.41) is 24.5. The molecule has 0 aliphatic heterocycles. The van der Waals surface area contributed by atoms with Gasteiger partial charge in [-0.05, 0) is 26.0 Å². The average Bonchev–Trinajstić information content (AvgIpc) is 2.30. The number of hydrogen-bond donors (Lipinski definition) is 4. The van der Waals surface area contributed by atoms with Crippen molar-refractivity contribution in [2.75, 3.05) is 0 Å². The summed E-state index contributed by atoms with van der Waals surface area (Å²) in [5.74, 6) is -1.97. The highest BCUT2D eigenvalue weighted by Gasteiger charge is 2.12. The lowest BCUT2D eigenvalue weighted by atomic mass is 10.2. The van der Waals surface area contributed by atoms with Gasteiger partial charge in [0.25, 0.3) is 0 Å². The van der Waals surface area contributed by atoms with E-state index in [1.54, 1.807) is 13.8 Å². The molecule has 4 N–H and O–H groups in total. The molecule has 102 valence electrons. The fourth-order valence-electron chi connectivity index (χ4n) is 1.18. The Bertz CT molecular complexity index is 512. The van der Waals surface area contributed by atoms with Crippen LogP contribution in [0, 0.1) is 0 Å². The van der Waals surface area contributed by atoms with Crippen molar-refractivity contribution < 1.29 is 19.8 Å². The summed E-state index contributed by atoms with van der Waals surface area (Å²) in [6, 6.07) is 3.75. The van der Waals surface area contributed by atoms with Gasteiger partial charge in [0.2, 0.25) is 0 Å². The molecule has 0 aromatic heterocycles. The van der Waals surface area contributed by atoms with Gasteiger partial charge in [0.15, 0.2) is 0 Å². The van der Waals surface area contributed by atoms with Crippen molar-refractivity contribution in [3.63, 3.8) is 0 Å². The highest BCUT2D eigenvalue weighted by Crippen LogP contribution is 2.20. The Kier molecular flexibility index (Phi) is 4.87. The first-order valence-electron chi connectivity index (χ1n) is 5.56. The minimum Gasteiger partial charge on any atom is -0.508 e. The zero-order valence-electron chi connectivity index (χ0n) is 10.5. The Hall–Kier alpha value is -2.57. The van der Waals surface area contributed by atoms with Crippen molar-refractivity contribution in [1.29, 1.82) is 0 Å². The van der Waals surface area contributed by atoms with Crippen LogP contribution in [0.15, 0.2) is 23.3 Å². The minimum atomic E-state index is -0.900. The van der Waals surface area contributed by atoms with Crippen LogP contribution in [0.25, 0.3) is 0 Å². The van der Waals surface area contributed by atoms with Gasteiger partial charge in [-0.3, -0.25) is 9.59 Å². The number of hydrazone groups is 1. The van der Waals surface area contributed by atoms with Gasteiger partial charge in [-0.25, -0.2) is 5.43 Å². The molecule has 0 atom stereocenters. The van der Waals surface area contributed by atoms with Gasteiger partial charge in [-0.1, -0.05) is 0 Å². The summed E-state index contributed by atoms with van der Waals surface area (Å²) >= 11 is 0. The van der Waals surface area contributed by atoms with Gasteiger partial charge in [0, 0.05) is 17.7 Å². The third-order valence-corrected chi connectivity index (χ3v) is 2.01. The lowest BCUT2D eigenvalue weighted by Gasteiger charge is -2.06. The molecule has 0 heterocycles. The number of rotatable bonds is 3. The maximum Gasteiger partial charge on any atom is 0.329 e. The number of phenols is 2. The fraction of sp³-hybridized carbons (Fsp3) is 0.250. The molecule has 0 saturated heterocycles. The zero-order chi connectivity index (χ0) is 14.4. The van der Waals surface area contributed by atoms with Crippen LogP contribution in [0.3, 0.4) is 0 Å². The summed E-state index contributed by atoms with van der Waals surface area (Å²) in [6.45, 7) is 3.45. The molecule has 2 amide bonds. The number of carbonyl (C=O) groups is 2. The van der Waals surface area contributed by atoms with Crippen molar-refractivity contribution in [3.8, 4) is 11.5 Å². The Labute approximate surface area is 109 Å². The molecular weight excluding hydrogens is 250 g/mol. The normalized spacial score (nSPS) is 10.7. The van der Waals surface area contributed by atoms with E-state index in [1.807, 2.05) is 5.43 Å². The first-order valence-corrected chi connectivity index (χ1v) is 5.56. The first-order chi connectivity index (χ1) is 8.90. The van der Waals surface area contributed by atoms with Crippen LogP contribution in [0.1, 0.15) is 19.4 Å². The number of nitrogens with zero attached hydrogens (tertiary/aromatic N) is 1. The third kappa shape index (κ3) is 4.66. The molecule has 0 aliphatic carbocycles. The van der Waals surface area contributed by atoms with Crippen LogP contribution >= 0.6 is 0 Å². The summed E-state index contributed by atoms with van der Waals surface area (Å²) in [6.07, 6.45) is 1.16. The highest BCUT2D eigenvalue weighted by molar-refractivity contribution is 6.35. The molecule has 1 aromatic rings. The van der Waals surface area contributed by atoms with Crippen LogP contribution in [0.2, 0.25) is 0 Å².